The van der Waals surface area contributed by atoms with Crippen LogP contribution in [0.15, 0.2) is 42.9 Å². The summed E-state index contributed by atoms with van der Waals surface area (Å²) in [7, 11) is 0. The predicted molar refractivity (Wildman–Crippen MR) is 92.0 cm³/mol. The number of aromatic nitrogens is 4. The van der Waals surface area contributed by atoms with Crippen LogP contribution < -0.4 is 5.73 Å². The van der Waals surface area contributed by atoms with Gasteiger partial charge in [-0.3, -0.25) is 14.7 Å². The first kappa shape index (κ1) is 16.6. The van der Waals surface area contributed by atoms with Crippen LogP contribution in [-0.2, 0) is 0 Å². The fourth-order valence-corrected chi connectivity index (χ4v) is 2.84. The third kappa shape index (κ3) is 2.65. The van der Waals surface area contributed by atoms with E-state index >= 15 is 0 Å². The molecule has 4 N–H and O–H groups in total. The lowest BCUT2D eigenvalue weighted by Crippen LogP contribution is -2.17. The highest BCUT2D eigenvalue weighted by Gasteiger charge is 2.25. The van der Waals surface area contributed by atoms with Crippen molar-refractivity contribution in [3.8, 4) is 11.3 Å². The normalized spacial score (nSPS) is 11.0. The second-order valence-corrected chi connectivity index (χ2v) is 5.77. The van der Waals surface area contributed by atoms with Gasteiger partial charge in [-0.1, -0.05) is 0 Å². The van der Waals surface area contributed by atoms with E-state index in [9.17, 15) is 18.4 Å². The van der Waals surface area contributed by atoms with Crippen LogP contribution in [0.1, 0.15) is 26.3 Å². The number of primary amides is 1. The lowest BCUT2D eigenvalue weighted by Gasteiger charge is -2.07. The summed E-state index contributed by atoms with van der Waals surface area (Å²) in [5.41, 5.74) is 5.36. The van der Waals surface area contributed by atoms with Crippen molar-refractivity contribution in [2.24, 2.45) is 5.73 Å². The highest BCUT2D eigenvalue weighted by molar-refractivity contribution is 6.17. The van der Waals surface area contributed by atoms with Gasteiger partial charge in [0, 0.05) is 35.1 Å². The van der Waals surface area contributed by atoms with Gasteiger partial charge in [-0.25, -0.2) is 13.8 Å². The fraction of sp³-hybridized carbons (Fsp3) is 0. The lowest BCUT2D eigenvalue weighted by molar-refractivity contribution is 0.0996. The summed E-state index contributed by atoms with van der Waals surface area (Å²) in [5.74, 6) is -4.40. The third-order valence-electron chi connectivity index (χ3n) is 4.17. The number of nitrogens with zero attached hydrogens (tertiary/aromatic N) is 2. The number of hydrogen-bond acceptors (Lipinski definition) is 4. The van der Waals surface area contributed by atoms with Crippen molar-refractivity contribution in [3.63, 3.8) is 0 Å². The Hall–Kier alpha value is -3.88. The number of amides is 1. The van der Waals surface area contributed by atoms with Gasteiger partial charge in [0.2, 0.25) is 5.78 Å². The summed E-state index contributed by atoms with van der Waals surface area (Å²) in [6.07, 6.45) is 4.44. The summed E-state index contributed by atoms with van der Waals surface area (Å²) in [4.78, 5) is 31.1. The van der Waals surface area contributed by atoms with Gasteiger partial charge >= 0.3 is 0 Å². The van der Waals surface area contributed by atoms with Crippen LogP contribution in [0, 0.1) is 11.6 Å². The van der Waals surface area contributed by atoms with E-state index in [1.54, 1.807) is 24.5 Å². The van der Waals surface area contributed by atoms with E-state index in [0.717, 1.165) is 12.1 Å². The lowest BCUT2D eigenvalue weighted by atomic mass is 9.99. The molecule has 1 aromatic carbocycles. The van der Waals surface area contributed by atoms with Crippen LogP contribution in [0.3, 0.4) is 0 Å². The highest BCUT2D eigenvalue weighted by Crippen LogP contribution is 2.27. The topological polar surface area (TPSA) is 118 Å². The zero-order valence-corrected chi connectivity index (χ0v) is 13.6. The molecule has 1 amide bonds. The maximum atomic E-state index is 14.5. The number of rotatable bonds is 4. The zero-order valence-electron chi connectivity index (χ0n) is 13.6. The van der Waals surface area contributed by atoms with Gasteiger partial charge in [-0.2, -0.15) is 5.10 Å². The first-order valence-corrected chi connectivity index (χ1v) is 7.76. The molecular formula is C18H11F2N5O2. The fourth-order valence-electron chi connectivity index (χ4n) is 2.84. The standard InChI is InChI=1S/C18H11F2N5O2/c19-12-2-1-9(17(21)27)15(20)14(12)16(26)11-7-23-18-10(11)5-8(6-22-18)13-3-4-24-25-13/h1-7H,(H2,21,27)(H,22,23)(H,24,25). The smallest absolute Gasteiger partial charge is 0.251 e. The highest BCUT2D eigenvalue weighted by atomic mass is 19.1. The number of pyridine rings is 1. The van der Waals surface area contributed by atoms with E-state index in [-0.39, 0.29) is 5.56 Å². The van der Waals surface area contributed by atoms with Gasteiger partial charge in [-0.15, -0.1) is 0 Å². The molecule has 0 atom stereocenters. The van der Waals surface area contributed by atoms with Gasteiger partial charge in [0.15, 0.2) is 0 Å². The first-order valence-electron chi connectivity index (χ1n) is 7.76. The number of benzene rings is 1. The minimum atomic E-state index is -1.29. The molecule has 0 saturated heterocycles. The molecule has 27 heavy (non-hydrogen) atoms. The predicted octanol–water partition coefficient (Wildman–Crippen LogP) is 2.56. The number of hydrogen-bond donors (Lipinski definition) is 3. The largest absolute Gasteiger partial charge is 0.366 e. The molecule has 134 valence electrons. The number of ketones is 1. The van der Waals surface area contributed by atoms with Crippen molar-refractivity contribution < 1.29 is 18.4 Å². The van der Waals surface area contributed by atoms with Gasteiger partial charge in [0.25, 0.3) is 5.91 Å². The molecule has 0 unspecified atom stereocenters. The molecule has 4 rings (SSSR count). The van der Waals surface area contributed by atoms with Crippen LogP contribution in [0.25, 0.3) is 22.3 Å². The third-order valence-corrected chi connectivity index (χ3v) is 4.17. The summed E-state index contributed by atoms with van der Waals surface area (Å²) in [6.45, 7) is 0. The number of carbonyl (C=O) groups excluding carboxylic acids is 2. The molecule has 0 aliphatic heterocycles. The molecule has 0 aliphatic carbocycles. The van der Waals surface area contributed by atoms with Crippen molar-refractivity contribution in [3.05, 3.63) is 71.2 Å². The van der Waals surface area contributed by atoms with Crippen LogP contribution in [0.2, 0.25) is 0 Å². The molecule has 0 spiro atoms. The Morgan fingerprint density at radius 3 is 2.63 bits per heavy atom. The Kier molecular flexibility index (Phi) is 3.76. The Balaban J connectivity index is 1.88. The zero-order chi connectivity index (χ0) is 19.1. The molecule has 4 aromatic rings. The number of fused-ring (bicyclic) bond motifs is 1. The molecule has 0 aliphatic rings. The van der Waals surface area contributed by atoms with E-state index < -0.39 is 34.5 Å². The summed E-state index contributed by atoms with van der Waals surface area (Å²) < 4.78 is 28.7. The van der Waals surface area contributed by atoms with Gasteiger partial charge in [0.05, 0.1) is 16.8 Å². The molecule has 7 nitrogen and oxygen atoms in total. The quantitative estimate of drug-likeness (QED) is 0.481. The number of carbonyl (C=O) groups is 2. The minimum Gasteiger partial charge on any atom is -0.366 e. The Labute approximate surface area is 150 Å². The summed E-state index contributed by atoms with van der Waals surface area (Å²) in [6, 6.07) is 5.09. The number of nitrogens with one attached hydrogen (secondary N) is 2. The van der Waals surface area contributed by atoms with Crippen molar-refractivity contribution in [1.82, 2.24) is 20.2 Å². The first-order chi connectivity index (χ1) is 13.0. The monoisotopic (exact) mass is 367 g/mol. The maximum Gasteiger partial charge on any atom is 0.251 e. The van der Waals surface area contributed by atoms with Crippen LogP contribution in [-0.4, -0.2) is 31.9 Å². The molecule has 0 bridgehead atoms. The average Bonchev–Trinajstić information content (AvgIpc) is 3.30. The molecule has 3 heterocycles. The van der Waals surface area contributed by atoms with Crippen molar-refractivity contribution in [1.29, 1.82) is 0 Å². The van der Waals surface area contributed by atoms with Gasteiger partial charge < -0.3 is 10.7 Å². The van der Waals surface area contributed by atoms with Crippen molar-refractivity contribution in [2.75, 3.05) is 0 Å². The molecule has 0 radical (unpaired) electrons. The van der Waals surface area contributed by atoms with E-state index in [0.29, 0.717) is 22.3 Å². The Morgan fingerprint density at radius 2 is 1.93 bits per heavy atom. The molecular weight excluding hydrogens is 356 g/mol. The van der Waals surface area contributed by atoms with Crippen LogP contribution in [0.4, 0.5) is 8.78 Å². The summed E-state index contributed by atoms with van der Waals surface area (Å²) in [5, 5.41) is 6.99. The molecule has 9 heteroatoms. The summed E-state index contributed by atoms with van der Waals surface area (Å²) >= 11 is 0. The second kappa shape index (κ2) is 6.13. The SMILES string of the molecule is NC(=O)c1ccc(F)c(C(=O)c2c[nH]c3ncc(-c4ccn[nH]4)cc23)c1F. The van der Waals surface area contributed by atoms with Crippen LogP contribution in [0.5, 0.6) is 0 Å². The molecule has 0 fully saturated rings. The number of aromatic amines is 2. The minimum absolute atomic E-state index is 0.0123. The maximum absolute atomic E-state index is 14.5. The average molecular weight is 367 g/mol. The number of H-pyrrole nitrogens is 2. The molecule has 0 saturated carbocycles. The van der Waals surface area contributed by atoms with Gasteiger partial charge in [0.1, 0.15) is 17.3 Å². The number of halogens is 2. The van der Waals surface area contributed by atoms with E-state index in [1.807, 2.05) is 0 Å². The van der Waals surface area contributed by atoms with Gasteiger partial charge in [-0.05, 0) is 24.3 Å². The Morgan fingerprint density at radius 1 is 1.11 bits per heavy atom. The Bertz CT molecular complexity index is 1200. The van der Waals surface area contributed by atoms with Crippen LogP contribution >= 0.6 is 0 Å². The van der Waals surface area contributed by atoms with Crippen molar-refractivity contribution >= 4 is 22.7 Å². The van der Waals surface area contributed by atoms with E-state index in [1.165, 1.54) is 6.20 Å². The molecule has 3 aromatic heterocycles. The number of nitrogens with two attached hydrogens (primary N) is 1. The van der Waals surface area contributed by atoms with E-state index in [4.69, 9.17) is 5.73 Å². The van der Waals surface area contributed by atoms with Crippen molar-refractivity contribution in [2.45, 2.75) is 0 Å². The second-order valence-electron chi connectivity index (χ2n) is 5.77. The van der Waals surface area contributed by atoms with E-state index in [2.05, 4.69) is 20.2 Å².